The summed E-state index contributed by atoms with van der Waals surface area (Å²) >= 11 is 0. The lowest BCUT2D eigenvalue weighted by Gasteiger charge is -2.42. The highest BCUT2D eigenvalue weighted by atomic mass is 16.5. The maximum absolute atomic E-state index is 12.9. The molecule has 1 amide bonds. The second-order valence-corrected chi connectivity index (χ2v) is 5.53. The van der Waals surface area contributed by atoms with Crippen molar-refractivity contribution in [3.63, 3.8) is 0 Å². The molecule has 1 aromatic carbocycles. The molecule has 0 bridgehead atoms. The smallest absolute Gasteiger partial charge is 0.332 e. The van der Waals surface area contributed by atoms with E-state index in [1.54, 1.807) is 30.2 Å². The molecule has 0 N–H and O–H groups in total. The number of hydrogen-bond acceptors (Lipinski definition) is 4. The number of methoxy groups -OCH3 is 1. The third-order valence-corrected chi connectivity index (χ3v) is 4.46. The number of esters is 1. The monoisotopic (exact) mass is 289 g/mol. The fourth-order valence-electron chi connectivity index (χ4n) is 3.38. The first-order valence-electron chi connectivity index (χ1n) is 7.31. The Kier molecular flexibility index (Phi) is 3.57. The molecule has 0 aromatic heterocycles. The Bertz CT molecular complexity index is 563. The number of morpholine rings is 1. The zero-order valence-corrected chi connectivity index (χ0v) is 12.1. The van der Waals surface area contributed by atoms with Gasteiger partial charge in [-0.1, -0.05) is 25.0 Å². The van der Waals surface area contributed by atoms with Gasteiger partial charge in [0, 0.05) is 0 Å². The van der Waals surface area contributed by atoms with Crippen LogP contribution in [0.5, 0.6) is 5.75 Å². The van der Waals surface area contributed by atoms with Crippen LogP contribution in [-0.2, 0) is 9.53 Å². The molecule has 5 nitrogen and oxygen atoms in total. The van der Waals surface area contributed by atoms with Crippen molar-refractivity contribution in [1.29, 1.82) is 0 Å². The molecule has 1 saturated heterocycles. The molecule has 21 heavy (non-hydrogen) atoms. The molecule has 1 heterocycles. The Hall–Kier alpha value is -2.04. The van der Waals surface area contributed by atoms with Gasteiger partial charge in [0.15, 0.2) is 0 Å². The Balaban J connectivity index is 1.97. The Labute approximate surface area is 123 Å². The van der Waals surface area contributed by atoms with Crippen molar-refractivity contribution in [2.45, 2.75) is 31.2 Å². The lowest BCUT2D eigenvalue weighted by Crippen LogP contribution is -2.60. The maximum atomic E-state index is 12.9. The van der Waals surface area contributed by atoms with E-state index in [2.05, 4.69) is 0 Å². The Morgan fingerprint density at radius 2 is 2.00 bits per heavy atom. The summed E-state index contributed by atoms with van der Waals surface area (Å²) in [6, 6.07) is 7.13. The summed E-state index contributed by atoms with van der Waals surface area (Å²) in [5.74, 6) is 0.134. The number of amides is 1. The zero-order chi connectivity index (χ0) is 14.9. The highest BCUT2D eigenvalue weighted by Gasteiger charge is 2.52. The molecule has 1 saturated carbocycles. The molecule has 0 radical (unpaired) electrons. The van der Waals surface area contributed by atoms with Crippen LogP contribution in [0.4, 0.5) is 0 Å². The standard InChI is InChI=1S/C16H19NO4/c1-20-13-7-3-2-6-12(13)14(18)17-10-11-21-15(19)16(17)8-4-5-9-16/h2-3,6-7H,4-5,8-11H2,1H3. The number of para-hydroxylation sites is 1. The minimum Gasteiger partial charge on any atom is -0.496 e. The fourth-order valence-corrected chi connectivity index (χ4v) is 3.38. The van der Waals surface area contributed by atoms with Crippen LogP contribution in [0.25, 0.3) is 0 Å². The third kappa shape index (κ3) is 2.17. The van der Waals surface area contributed by atoms with Gasteiger partial charge in [-0.2, -0.15) is 0 Å². The van der Waals surface area contributed by atoms with Gasteiger partial charge in [0.1, 0.15) is 17.9 Å². The molecule has 1 aliphatic carbocycles. The minimum atomic E-state index is -0.768. The van der Waals surface area contributed by atoms with Gasteiger partial charge in [-0.15, -0.1) is 0 Å². The number of benzene rings is 1. The molecule has 112 valence electrons. The molecule has 2 fully saturated rings. The van der Waals surface area contributed by atoms with Gasteiger partial charge in [0.05, 0.1) is 19.2 Å². The average molecular weight is 289 g/mol. The van der Waals surface area contributed by atoms with E-state index in [0.717, 1.165) is 12.8 Å². The van der Waals surface area contributed by atoms with E-state index >= 15 is 0 Å². The van der Waals surface area contributed by atoms with E-state index in [4.69, 9.17) is 9.47 Å². The van der Waals surface area contributed by atoms with Crippen molar-refractivity contribution >= 4 is 11.9 Å². The number of carbonyl (C=O) groups excluding carboxylic acids is 2. The highest BCUT2D eigenvalue weighted by Crippen LogP contribution is 2.39. The van der Waals surface area contributed by atoms with Crippen molar-refractivity contribution in [3.8, 4) is 5.75 Å². The van der Waals surface area contributed by atoms with Gasteiger partial charge in [0.25, 0.3) is 5.91 Å². The van der Waals surface area contributed by atoms with Crippen LogP contribution in [0.2, 0.25) is 0 Å². The number of ether oxygens (including phenoxy) is 2. The maximum Gasteiger partial charge on any atom is 0.332 e. The average Bonchev–Trinajstić information content (AvgIpc) is 3.00. The Morgan fingerprint density at radius 3 is 2.71 bits per heavy atom. The first-order valence-corrected chi connectivity index (χ1v) is 7.31. The summed E-state index contributed by atoms with van der Waals surface area (Å²) in [7, 11) is 1.54. The second kappa shape index (κ2) is 5.39. The predicted octanol–water partition coefficient (Wildman–Crippen LogP) is 2.01. The lowest BCUT2D eigenvalue weighted by molar-refractivity contribution is -0.164. The van der Waals surface area contributed by atoms with Crippen LogP contribution in [0.3, 0.4) is 0 Å². The molecule has 1 aromatic rings. The molecule has 1 aliphatic heterocycles. The van der Waals surface area contributed by atoms with Gasteiger partial charge in [-0.25, -0.2) is 4.79 Å². The fraction of sp³-hybridized carbons (Fsp3) is 0.500. The largest absolute Gasteiger partial charge is 0.496 e. The highest BCUT2D eigenvalue weighted by molar-refractivity contribution is 6.00. The van der Waals surface area contributed by atoms with E-state index in [0.29, 0.717) is 30.7 Å². The van der Waals surface area contributed by atoms with Crippen LogP contribution < -0.4 is 4.74 Å². The summed E-state index contributed by atoms with van der Waals surface area (Å²) in [5.41, 5.74) is -0.267. The normalized spacial score (nSPS) is 20.4. The summed E-state index contributed by atoms with van der Waals surface area (Å²) in [6.07, 6.45) is 3.27. The zero-order valence-electron chi connectivity index (χ0n) is 12.1. The van der Waals surface area contributed by atoms with Crippen LogP contribution in [0.15, 0.2) is 24.3 Å². The number of cyclic esters (lactones) is 1. The summed E-state index contributed by atoms with van der Waals surface area (Å²) in [5, 5.41) is 0. The van der Waals surface area contributed by atoms with Gasteiger partial charge in [-0.05, 0) is 25.0 Å². The van der Waals surface area contributed by atoms with Crippen molar-refractivity contribution in [2.24, 2.45) is 0 Å². The molecular weight excluding hydrogens is 270 g/mol. The first kappa shape index (κ1) is 13.9. The van der Waals surface area contributed by atoms with E-state index in [1.165, 1.54) is 0 Å². The van der Waals surface area contributed by atoms with E-state index in [9.17, 15) is 9.59 Å². The SMILES string of the molecule is COc1ccccc1C(=O)N1CCOC(=O)C12CCCC2. The third-order valence-electron chi connectivity index (χ3n) is 4.46. The number of carbonyl (C=O) groups is 2. The Morgan fingerprint density at radius 1 is 1.29 bits per heavy atom. The quantitative estimate of drug-likeness (QED) is 0.781. The molecular formula is C16H19NO4. The number of nitrogens with zero attached hydrogens (tertiary/aromatic N) is 1. The summed E-state index contributed by atoms with van der Waals surface area (Å²) in [6.45, 7) is 0.712. The van der Waals surface area contributed by atoms with Gasteiger partial charge in [-0.3, -0.25) is 4.79 Å². The van der Waals surface area contributed by atoms with E-state index < -0.39 is 5.54 Å². The molecule has 1 spiro atoms. The molecule has 3 rings (SSSR count). The summed E-state index contributed by atoms with van der Waals surface area (Å²) in [4.78, 5) is 26.9. The van der Waals surface area contributed by atoms with Crippen molar-refractivity contribution in [3.05, 3.63) is 29.8 Å². The second-order valence-electron chi connectivity index (χ2n) is 5.53. The van der Waals surface area contributed by atoms with Crippen LogP contribution in [0, 0.1) is 0 Å². The van der Waals surface area contributed by atoms with E-state index in [1.807, 2.05) is 6.07 Å². The van der Waals surface area contributed by atoms with E-state index in [-0.39, 0.29) is 18.5 Å². The van der Waals surface area contributed by atoms with Crippen molar-refractivity contribution in [2.75, 3.05) is 20.3 Å². The van der Waals surface area contributed by atoms with Crippen LogP contribution >= 0.6 is 0 Å². The molecule has 2 aliphatic rings. The molecule has 0 unspecified atom stereocenters. The first-order chi connectivity index (χ1) is 10.2. The topological polar surface area (TPSA) is 55.8 Å². The minimum absolute atomic E-state index is 0.147. The number of rotatable bonds is 2. The van der Waals surface area contributed by atoms with Crippen LogP contribution in [-0.4, -0.2) is 42.6 Å². The predicted molar refractivity (Wildman–Crippen MR) is 76.2 cm³/mol. The van der Waals surface area contributed by atoms with Crippen molar-refractivity contribution in [1.82, 2.24) is 4.90 Å². The molecule has 0 atom stereocenters. The van der Waals surface area contributed by atoms with Crippen LogP contribution in [0.1, 0.15) is 36.0 Å². The number of hydrogen-bond donors (Lipinski definition) is 0. The lowest BCUT2D eigenvalue weighted by atomic mass is 9.92. The van der Waals surface area contributed by atoms with Gasteiger partial charge < -0.3 is 14.4 Å². The molecule has 5 heteroatoms. The van der Waals surface area contributed by atoms with Gasteiger partial charge in [0.2, 0.25) is 0 Å². The summed E-state index contributed by atoms with van der Waals surface area (Å²) < 4.78 is 10.5. The van der Waals surface area contributed by atoms with Gasteiger partial charge >= 0.3 is 5.97 Å². The van der Waals surface area contributed by atoms with Crippen molar-refractivity contribution < 1.29 is 19.1 Å².